The maximum absolute atomic E-state index is 13.4. The molecule has 0 radical (unpaired) electrons. The molecule has 6 nitrogen and oxygen atoms in total. The van der Waals surface area contributed by atoms with Crippen LogP contribution in [0.25, 0.3) is 5.52 Å². The molecule has 2 amide bonds. The van der Waals surface area contributed by atoms with Gasteiger partial charge in [0.1, 0.15) is 0 Å². The largest absolute Gasteiger partial charge is 0.337 e. The van der Waals surface area contributed by atoms with E-state index in [2.05, 4.69) is 11.1 Å². The molecule has 4 rings (SSSR count). The van der Waals surface area contributed by atoms with Crippen molar-refractivity contribution >= 4 is 23.0 Å². The molecule has 0 saturated carbocycles. The van der Waals surface area contributed by atoms with E-state index >= 15 is 0 Å². The predicted molar refractivity (Wildman–Crippen MR) is 109 cm³/mol. The minimum atomic E-state index is -0.163. The first-order chi connectivity index (χ1) is 13.7. The number of hydrogen-bond donors (Lipinski definition) is 0. The molecule has 2 aromatic heterocycles. The smallest absolute Gasteiger partial charge is 0.290 e. The van der Waals surface area contributed by atoms with Crippen LogP contribution in [-0.2, 0) is 6.42 Å². The number of amides is 2. The molecule has 144 valence electrons. The van der Waals surface area contributed by atoms with Crippen molar-refractivity contribution in [2.24, 2.45) is 0 Å². The molecule has 28 heavy (non-hydrogen) atoms. The summed E-state index contributed by atoms with van der Waals surface area (Å²) in [6.07, 6.45) is 3.68. The van der Waals surface area contributed by atoms with E-state index in [1.807, 2.05) is 50.2 Å². The van der Waals surface area contributed by atoms with Crippen molar-refractivity contribution in [3.05, 3.63) is 65.7 Å². The Balaban J connectivity index is 1.80. The summed E-state index contributed by atoms with van der Waals surface area (Å²) >= 11 is 0. The van der Waals surface area contributed by atoms with Gasteiger partial charge in [-0.2, -0.15) is 0 Å². The number of imidazole rings is 1. The highest BCUT2D eigenvalue weighted by atomic mass is 16.2. The minimum absolute atomic E-state index is 0.158. The van der Waals surface area contributed by atoms with Gasteiger partial charge in [0.25, 0.3) is 11.8 Å². The molecular weight excluding hydrogens is 352 g/mol. The molecule has 3 heterocycles. The monoisotopic (exact) mass is 376 g/mol. The van der Waals surface area contributed by atoms with Crippen LogP contribution in [0.2, 0.25) is 0 Å². The number of carbonyl (C=O) groups excluding carboxylic acids is 2. The van der Waals surface area contributed by atoms with E-state index in [9.17, 15) is 9.59 Å². The van der Waals surface area contributed by atoms with Crippen LogP contribution in [0.4, 0.5) is 5.69 Å². The Hall–Kier alpha value is -3.15. The van der Waals surface area contributed by atoms with Gasteiger partial charge in [-0.05, 0) is 50.5 Å². The van der Waals surface area contributed by atoms with Gasteiger partial charge in [0.2, 0.25) is 5.82 Å². The molecule has 0 bridgehead atoms. The van der Waals surface area contributed by atoms with E-state index in [4.69, 9.17) is 0 Å². The number of rotatable bonds is 4. The lowest BCUT2D eigenvalue weighted by atomic mass is 10.0. The van der Waals surface area contributed by atoms with Crippen LogP contribution in [0, 0.1) is 0 Å². The number of fused-ring (bicyclic) bond motifs is 2. The highest BCUT2D eigenvalue weighted by Crippen LogP contribution is 2.29. The average molecular weight is 376 g/mol. The third-order valence-electron chi connectivity index (χ3n) is 5.35. The lowest BCUT2D eigenvalue weighted by Crippen LogP contribution is -2.36. The van der Waals surface area contributed by atoms with E-state index in [1.165, 1.54) is 5.56 Å². The number of para-hydroxylation sites is 1. The number of carbonyl (C=O) groups is 2. The van der Waals surface area contributed by atoms with Gasteiger partial charge in [-0.1, -0.05) is 24.3 Å². The summed E-state index contributed by atoms with van der Waals surface area (Å²) < 4.78 is 1.73. The van der Waals surface area contributed by atoms with Crippen molar-refractivity contribution in [3.63, 3.8) is 0 Å². The summed E-state index contributed by atoms with van der Waals surface area (Å²) in [4.78, 5) is 34.4. The van der Waals surface area contributed by atoms with Crippen molar-refractivity contribution in [3.8, 4) is 0 Å². The summed E-state index contributed by atoms with van der Waals surface area (Å²) in [7, 11) is 0. The van der Waals surface area contributed by atoms with Crippen molar-refractivity contribution in [1.29, 1.82) is 0 Å². The molecule has 0 atom stereocenters. The van der Waals surface area contributed by atoms with Crippen molar-refractivity contribution in [1.82, 2.24) is 14.3 Å². The van der Waals surface area contributed by atoms with E-state index in [1.54, 1.807) is 20.4 Å². The van der Waals surface area contributed by atoms with Gasteiger partial charge in [0, 0.05) is 31.5 Å². The minimum Gasteiger partial charge on any atom is -0.337 e. The van der Waals surface area contributed by atoms with Crippen LogP contribution >= 0.6 is 0 Å². The Morgan fingerprint density at radius 3 is 2.61 bits per heavy atom. The summed E-state index contributed by atoms with van der Waals surface area (Å²) in [6, 6.07) is 13.5. The molecule has 0 fully saturated rings. The molecule has 0 spiro atoms. The normalized spacial score (nSPS) is 13.4. The molecule has 6 heteroatoms. The third kappa shape index (κ3) is 2.95. The third-order valence-corrected chi connectivity index (χ3v) is 5.35. The number of aryl methyl sites for hydroxylation is 1. The van der Waals surface area contributed by atoms with Crippen molar-refractivity contribution < 1.29 is 9.59 Å². The summed E-state index contributed by atoms with van der Waals surface area (Å²) in [6.45, 7) is 5.72. The molecule has 1 aliphatic rings. The molecule has 1 aromatic carbocycles. The summed E-state index contributed by atoms with van der Waals surface area (Å²) in [5.41, 5.74) is 3.09. The molecule has 1 aliphatic heterocycles. The zero-order chi connectivity index (χ0) is 19.7. The molecule has 0 unspecified atom stereocenters. The Bertz CT molecular complexity index is 1040. The van der Waals surface area contributed by atoms with Gasteiger partial charge in [-0.25, -0.2) is 4.98 Å². The van der Waals surface area contributed by atoms with Crippen LogP contribution in [0.3, 0.4) is 0 Å². The lowest BCUT2D eigenvalue weighted by Gasteiger charge is -2.28. The number of aromatic nitrogens is 2. The highest BCUT2D eigenvalue weighted by Gasteiger charge is 2.29. The zero-order valence-corrected chi connectivity index (χ0v) is 16.3. The number of pyridine rings is 1. The average Bonchev–Trinajstić information content (AvgIpc) is 3.13. The van der Waals surface area contributed by atoms with Gasteiger partial charge < -0.3 is 9.80 Å². The van der Waals surface area contributed by atoms with E-state index < -0.39 is 0 Å². The van der Waals surface area contributed by atoms with E-state index in [-0.39, 0.29) is 17.6 Å². The zero-order valence-electron chi connectivity index (χ0n) is 16.3. The number of anilines is 1. The van der Waals surface area contributed by atoms with Gasteiger partial charge in [0.15, 0.2) is 5.69 Å². The van der Waals surface area contributed by atoms with Crippen LogP contribution in [0.1, 0.15) is 46.9 Å². The first-order valence-corrected chi connectivity index (χ1v) is 9.81. The number of hydrogen-bond acceptors (Lipinski definition) is 3. The second kappa shape index (κ2) is 7.46. The molecular formula is C22H24N4O2. The highest BCUT2D eigenvalue weighted by molar-refractivity contribution is 6.10. The topological polar surface area (TPSA) is 57.9 Å². The summed E-state index contributed by atoms with van der Waals surface area (Å²) in [5, 5.41) is 0. The molecule has 3 aromatic rings. The maximum atomic E-state index is 13.4. The second-order valence-electron chi connectivity index (χ2n) is 6.91. The van der Waals surface area contributed by atoms with Crippen LogP contribution in [0.5, 0.6) is 0 Å². The second-order valence-corrected chi connectivity index (χ2v) is 6.91. The lowest BCUT2D eigenvalue weighted by molar-refractivity contribution is 0.0760. The van der Waals surface area contributed by atoms with Crippen LogP contribution < -0.4 is 4.90 Å². The first-order valence-electron chi connectivity index (χ1n) is 9.81. The van der Waals surface area contributed by atoms with E-state index in [0.29, 0.717) is 30.8 Å². The fraction of sp³-hybridized carbons (Fsp3) is 0.318. The predicted octanol–water partition coefficient (Wildman–Crippen LogP) is 3.41. The fourth-order valence-corrected chi connectivity index (χ4v) is 3.87. The fourth-order valence-electron chi connectivity index (χ4n) is 3.87. The maximum Gasteiger partial charge on any atom is 0.290 e. The Morgan fingerprint density at radius 1 is 1.07 bits per heavy atom. The van der Waals surface area contributed by atoms with Gasteiger partial charge in [-0.15, -0.1) is 0 Å². The SMILES string of the molecule is CCN(CC)C(=O)c1nc(C(=O)N2CCCc3ccccc32)c2ccccn12. The first kappa shape index (κ1) is 18.2. The Kier molecular flexibility index (Phi) is 4.86. The molecule has 0 N–H and O–H groups in total. The van der Waals surface area contributed by atoms with Crippen LogP contribution in [0.15, 0.2) is 48.7 Å². The summed E-state index contributed by atoms with van der Waals surface area (Å²) in [5.74, 6) is -0.0355. The molecule has 0 saturated heterocycles. The number of benzene rings is 1. The molecule has 0 aliphatic carbocycles. The van der Waals surface area contributed by atoms with Gasteiger partial charge in [0.05, 0.1) is 5.52 Å². The Morgan fingerprint density at radius 2 is 1.82 bits per heavy atom. The van der Waals surface area contributed by atoms with Crippen molar-refractivity contribution in [2.45, 2.75) is 26.7 Å². The van der Waals surface area contributed by atoms with E-state index in [0.717, 1.165) is 18.5 Å². The van der Waals surface area contributed by atoms with Crippen molar-refractivity contribution in [2.75, 3.05) is 24.5 Å². The quantitative estimate of drug-likeness (QED) is 0.701. The van der Waals surface area contributed by atoms with Crippen LogP contribution in [-0.4, -0.2) is 45.7 Å². The standard InChI is InChI=1S/C22H24N4O2/c1-3-24(4-2)22(28)20-23-19(18-13-7-8-14-25(18)20)21(27)26-15-9-11-16-10-5-6-12-17(16)26/h5-8,10,12-14H,3-4,9,11,15H2,1-2H3. The van der Waals surface area contributed by atoms with Gasteiger partial charge >= 0.3 is 0 Å². The Labute approximate surface area is 164 Å². The van der Waals surface area contributed by atoms with Gasteiger partial charge in [-0.3, -0.25) is 14.0 Å². The number of nitrogens with zero attached hydrogens (tertiary/aromatic N) is 4.